The van der Waals surface area contributed by atoms with Gasteiger partial charge in [-0.15, -0.1) is 10.2 Å². The van der Waals surface area contributed by atoms with E-state index in [4.69, 9.17) is 0 Å². The average Bonchev–Trinajstić information content (AvgIpc) is 2.56. The van der Waals surface area contributed by atoms with Crippen LogP contribution in [-0.2, 0) is 13.6 Å². The van der Waals surface area contributed by atoms with Gasteiger partial charge in [-0.2, -0.15) is 0 Å². The summed E-state index contributed by atoms with van der Waals surface area (Å²) >= 11 is 0. The Bertz CT molecular complexity index is 330. The maximum atomic E-state index is 4.13. The van der Waals surface area contributed by atoms with Crippen molar-refractivity contribution in [3.05, 3.63) is 12.2 Å². The van der Waals surface area contributed by atoms with Crippen molar-refractivity contribution in [1.29, 1.82) is 0 Å². The Kier molecular flexibility index (Phi) is 2.75. The number of hydrogen-bond acceptors (Lipinski definition) is 4. The third kappa shape index (κ3) is 2.18. The minimum absolute atomic E-state index is 0.199. The number of nitrogens with one attached hydrogen (secondary N) is 1. The average molecular weight is 209 g/mol. The van der Waals surface area contributed by atoms with Gasteiger partial charge in [0, 0.05) is 32.2 Å². The van der Waals surface area contributed by atoms with Gasteiger partial charge in [0.25, 0.3) is 0 Å². The van der Waals surface area contributed by atoms with Crippen molar-refractivity contribution in [2.24, 2.45) is 7.05 Å². The molecule has 0 radical (unpaired) electrons. The Morgan fingerprint density at radius 3 is 2.93 bits per heavy atom. The summed E-state index contributed by atoms with van der Waals surface area (Å²) in [5.74, 6) is 1.03. The molecule has 0 saturated carbocycles. The van der Waals surface area contributed by atoms with Gasteiger partial charge < -0.3 is 9.88 Å². The summed E-state index contributed by atoms with van der Waals surface area (Å²) in [6.45, 7) is 8.56. The summed E-state index contributed by atoms with van der Waals surface area (Å²) in [4.78, 5) is 2.45. The van der Waals surface area contributed by atoms with E-state index in [2.05, 4.69) is 34.3 Å². The molecule has 1 N–H and O–H groups in total. The minimum Gasteiger partial charge on any atom is -0.320 e. The smallest absolute Gasteiger partial charge is 0.146 e. The van der Waals surface area contributed by atoms with E-state index in [1.807, 2.05) is 11.6 Å². The first-order valence-corrected chi connectivity index (χ1v) is 5.38. The molecular weight excluding hydrogens is 190 g/mol. The number of aryl methyl sites for hydroxylation is 1. The lowest BCUT2D eigenvalue weighted by Gasteiger charge is -2.42. The van der Waals surface area contributed by atoms with Gasteiger partial charge in [0.15, 0.2) is 0 Å². The fourth-order valence-electron chi connectivity index (χ4n) is 1.94. The number of rotatable bonds is 2. The number of nitrogens with zero attached hydrogens (tertiary/aromatic N) is 4. The number of hydrogen-bond donors (Lipinski definition) is 1. The summed E-state index contributed by atoms with van der Waals surface area (Å²) in [6, 6.07) is 0. The predicted molar refractivity (Wildman–Crippen MR) is 58.4 cm³/mol. The predicted octanol–water partition coefficient (Wildman–Crippen LogP) is -0.00110. The van der Waals surface area contributed by atoms with Gasteiger partial charge in [0.2, 0.25) is 0 Å². The molecule has 0 aromatic carbocycles. The normalized spacial score (nSPS) is 21.8. The lowest BCUT2D eigenvalue weighted by atomic mass is 10.0. The standard InChI is InChI=1S/C10H19N5/c1-10(2)7-11-4-5-15(10)6-9-13-12-8-14(9)3/h8,11H,4-7H2,1-3H3. The summed E-state index contributed by atoms with van der Waals surface area (Å²) in [7, 11) is 1.99. The first kappa shape index (κ1) is 10.6. The SMILES string of the molecule is Cn1cnnc1CN1CCNCC1(C)C. The van der Waals surface area contributed by atoms with Crippen LogP contribution in [0.5, 0.6) is 0 Å². The molecule has 1 aromatic rings. The van der Waals surface area contributed by atoms with Gasteiger partial charge in [-0.1, -0.05) is 0 Å². The molecule has 5 nitrogen and oxygen atoms in total. The third-order valence-corrected chi connectivity index (χ3v) is 3.11. The molecule has 0 unspecified atom stereocenters. The Hall–Kier alpha value is -0.940. The van der Waals surface area contributed by atoms with Gasteiger partial charge in [0.1, 0.15) is 12.2 Å². The van der Waals surface area contributed by atoms with Crippen LogP contribution in [-0.4, -0.2) is 44.8 Å². The molecule has 1 saturated heterocycles. The largest absolute Gasteiger partial charge is 0.320 e. The van der Waals surface area contributed by atoms with E-state index in [0.717, 1.165) is 32.0 Å². The molecule has 2 rings (SSSR count). The second-order valence-corrected chi connectivity index (χ2v) is 4.77. The van der Waals surface area contributed by atoms with Crippen molar-refractivity contribution >= 4 is 0 Å². The van der Waals surface area contributed by atoms with Crippen molar-refractivity contribution in [3.8, 4) is 0 Å². The molecule has 1 aromatic heterocycles. The van der Waals surface area contributed by atoms with Crippen LogP contribution in [0, 0.1) is 0 Å². The highest BCUT2D eigenvalue weighted by molar-refractivity contribution is 4.93. The van der Waals surface area contributed by atoms with E-state index in [1.165, 1.54) is 0 Å². The van der Waals surface area contributed by atoms with Crippen LogP contribution >= 0.6 is 0 Å². The van der Waals surface area contributed by atoms with E-state index in [1.54, 1.807) is 6.33 Å². The van der Waals surface area contributed by atoms with Gasteiger partial charge >= 0.3 is 0 Å². The molecule has 1 aliphatic heterocycles. The van der Waals surface area contributed by atoms with Crippen LogP contribution < -0.4 is 5.32 Å². The van der Waals surface area contributed by atoms with Crippen molar-refractivity contribution in [3.63, 3.8) is 0 Å². The van der Waals surface area contributed by atoms with Crippen LogP contribution in [0.3, 0.4) is 0 Å². The zero-order valence-corrected chi connectivity index (χ0v) is 9.69. The summed E-state index contributed by atoms with van der Waals surface area (Å²) in [5.41, 5.74) is 0.199. The molecule has 0 bridgehead atoms. The highest BCUT2D eigenvalue weighted by Gasteiger charge is 2.30. The lowest BCUT2D eigenvalue weighted by Crippen LogP contribution is -2.57. The van der Waals surface area contributed by atoms with E-state index in [0.29, 0.717) is 0 Å². The van der Waals surface area contributed by atoms with Crippen molar-refractivity contribution in [2.75, 3.05) is 19.6 Å². The maximum Gasteiger partial charge on any atom is 0.146 e. The first-order chi connectivity index (χ1) is 7.09. The molecule has 0 aliphatic carbocycles. The van der Waals surface area contributed by atoms with E-state index < -0.39 is 0 Å². The van der Waals surface area contributed by atoms with Crippen molar-refractivity contribution in [2.45, 2.75) is 25.9 Å². The monoisotopic (exact) mass is 209 g/mol. The van der Waals surface area contributed by atoms with Crippen LogP contribution in [0.25, 0.3) is 0 Å². The molecule has 1 aliphatic rings. The molecule has 5 heteroatoms. The second-order valence-electron chi connectivity index (χ2n) is 4.77. The van der Waals surface area contributed by atoms with Gasteiger partial charge in [-0.3, -0.25) is 4.90 Å². The molecule has 15 heavy (non-hydrogen) atoms. The molecule has 0 spiro atoms. The molecule has 1 fully saturated rings. The van der Waals surface area contributed by atoms with Crippen LogP contribution in [0.1, 0.15) is 19.7 Å². The van der Waals surface area contributed by atoms with Crippen molar-refractivity contribution < 1.29 is 0 Å². The van der Waals surface area contributed by atoms with Gasteiger partial charge in [-0.05, 0) is 13.8 Å². The zero-order valence-electron chi connectivity index (χ0n) is 9.69. The molecule has 0 amide bonds. The lowest BCUT2D eigenvalue weighted by molar-refractivity contribution is 0.0789. The Balaban J connectivity index is 2.07. The number of aromatic nitrogens is 3. The highest BCUT2D eigenvalue weighted by Crippen LogP contribution is 2.18. The third-order valence-electron chi connectivity index (χ3n) is 3.11. The Labute approximate surface area is 90.5 Å². The van der Waals surface area contributed by atoms with Crippen molar-refractivity contribution in [1.82, 2.24) is 25.0 Å². The summed E-state index contributed by atoms with van der Waals surface area (Å²) < 4.78 is 1.98. The highest BCUT2D eigenvalue weighted by atomic mass is 15.3. The Morgan fingerprint density at radius 1 is 1.53 bits per heavy atom. The van der Waals surface area contributed by atoms with Gasteiger partial charge in [-0.25, -0.2) is 0 Å². The Morgan fingerprint density at radius 2 is 2.33 bits per heavy atom. The fraction of sp³-hybridized carbons (Fsp3) is 0.800. The zero-order chi connectivity index (χ0) is 10.9. The minimum atomic E-state index is 0.199. The molecule has 2 heterocycles. The van der Waals surface area contributed by atoms with Crippen LogP contribution in [0.15, 0.2) is 6.33 Å². The summed E-state index contributed by atoms with van der Waals surface area (Å²) in [6.07, 6.45) is 1.75. The molecule has 84 valence electrons. The van der Waals surface area contributed by atoms with E-state index in [-0.39, 0.29) is 5.54 Å². The summed E-state index contributed by atoms with van der Waals surface area (Å²) in [5, 5.41) is 11.4. The number of piperazine rings is 1. The molecular formula is C10H19N5. The van der Waals surface area contributed by atoms with E-state index in [9.17, 15) is 0 Å². The fourth-order valence-corrected chi connectivity index (χ4v) is 1.94. The molecule has 0 atom stereocenters. The quantitative estimate of drug-likeness (QED) is 0.744. The first-order valence-electron chi connectivity index (χ1n) is 5.38. The topological polar surface area (TPSA) is 46.0 Å². The van der Waals surface area contributed by atoms with Crippen LogP contribution in [0.4, 0.5) is 0 Å². The maximum absolute atomic E-state index is 4.13. The van der Waals surface area contributed by atoms with Crippen LogP contribution in [0.2, 0.25) is 0 Å². The second kappa shape index (κ2) is 3.90. The van der Waals surface area contributed by atoms with Gasteiger partial charge in [0.05, 0.1) is 6.54 Å². The van der Waals surface area contributed by atoms with E-state index >= 15 is 0 Å².